The zero-order valence-electron chi connectivity index (χ0n) is 30.4. The van der Waals surface area contributed by atoms with E-state index in [1.165, 1.54) is 11.8 Å². The van der Waals surface area contributed by atoms with E-state index in [0.717, 1.165) is 16.7 Å². The monoisotopic (exact) mass is 789 g/mol. The summed E-state index contributed by atoms with van der Waals surface area (Å²) < 4.78 is 4.30. The zero-order chi connectivity index (χ0) is 39.2. The number of carbonyl (C=O) groups excluding carboxylic acids is 4. The highest BCUT2D eigenvalue weighted by Gasteiger charge is 2.46. The molecule has 10 nitrogen and oxygen atoms in total. The molecule has 0 bridgehead atoms. The summed E-state index contributed by atoms with van der Waals surface area (Å²) in [7, 11) is 0. The number of amides is 3. The highest BCUT2D eigenvalue weighted by atomic mass is 35.6. The Kier molecular flexibility index (Phi) is 13.3. The van der Waals surface area contributed by atoms with E-state index in [1.54, 1.807) is 51.1 Å². The number of carbonyl (C=O) groups is 4. The lowest BCUT2D eigenvalue weighted by atomic mass is 9.77. The number of ether oxygens (including phenoxy) is 1. The maximum Gasteiger partial charge on any atom is 0.250 e. The number of Topliss-reactive ketones (excluding diaryl/α,β-unsaturated/α-hetero) is 1. The third-order valence-electron chi connectivity index (χ3n) is 9.79. The quantitative estimate of drug-likeness (QED) is 0.0938. The molecule has 1 aromatic heterocycles. The Labute approximate surface area is 330 Å². The van der Waals surface area contributed by atoms with E-state index >= 15 is 0 Å². The van der Waals surface area contributed by atoms with Crippen molar-refractivity contribution in [3.05, 3.63) is 113 Å². The van der Waals surface area contributed by atoms with E-state index in [0.29, 0.717) is 49.0 Å². The number of para-hydroxylation sites is 1. The number of aryl methyl sites for hydroxylation is 1. The second-order valence-corrected chi connectivity index (χ2v) is 16.0. The molecule has 5 rings (SSSR count). The molecule has 13 heteroatoms. The van der Waals surface area contributed by atoms with Gasteiger partial charge in [0.25, 0.3) is 0 Å². The van der Waals surface area contributed by atoms with E-state index in [1.807, 2.05) is 60.7 Å². The molecule has 1 aliphatic rings. The first-order valence-electron chi connectivity index (χ1n) is 17.6. The van der Waals surface area contributed by atoms with Crippen LogP contribution in [0.5, 0.6) is 5.75 Å². The maximum atomic E-state index is 13.8. The Morgan fingerprint density at radius 2 is 1.57 bits per heavy atom. The molecule has 2 heterocycles. The van der Waals surface area contributed by atoms with Gasteiger partial charge in [0.1, 0.15) is 24.0 Å². The number of benzene rings is 3. The van der Waals surface area contributed by atoms with E-state index in [4.69, 9.17) is 45.3 Å². The maximum absolute atomic E-state index is 13.8. The number of imide groups is 1. The number of hydrogen-bond acceptors (Lipinski definition) is 8. The van der Waals surface area contributed by atoms with Crippen molar-refractivity contribution in [3.63, 3.8) is 0 Å². The molecule has 5 unspecified atom stereocenters. The van der Waals surface area contributed by atoms with Gasteiger partial charge in [-0.1, -0.05) is 109 Å². The van der Waals surface area contributed by atoms with Crippen molar-refractivity contribution in [2.45, 2.75) is 63.3 Å². The third kappa shape index (κ3) is 10.3. The normalized spacial score (nSPS) is 17.8. The fourth-order valence-corrected chi connectivity index (χ4v) is 6.80. The highest BCUT2D eigenvalue weighted by Crippen LogP contribution is 2.40. The van der Waals surface area contributed by atoms with E-state index in [-0.39, 0.29) is 35.3 Å². The number of nitrogens with two attached hydrogens (primary N) is 1. The Balaban J connectivity index is 1.29. The summed E-state index contributed by atoms with van der Waals surface area (Å²) in [6.45, 7) is 7.05. The number of primary amides is 1. The van der Waals surface area contributed by atoms with Crippen molar-refractivity contribution >= 4 is 76.1 Å². The number of alkyl halides is 3. The van der Waals surface area contributed by atoms with E-state index in [9.17, 15) is 19.2 Å². The number of aromatic nitrogens is 3. The van der Waals surface area contributed by atoms with Crippen molar-refractivity contribution in [2.24, 2.45) is 29.4 Å². The number of halogens is 3. The van der Waals surface area contributed by atoms with Crippen LogP contribution < -0.4 is 15.4 Å². The third-order valence-corrected chi connectivity index (χ3v) is 10.3. The second kappa shape index (κ2) is 17.7. The van der Waals surface area contributed by atoms with Gasteiger partial charge >= 0.3 is 0 Å². The Morgan fingerprint density at radius 1 is 0.907 bits per heavy atom. The molecule has 1 saturated heterocycles. The molecule has 2 N–H and O–H groups in total. The molecule has 0 spiro atoms. The highest BCUT2D eigenvalue weighted by molar-refractivity contribution is 6.66. The fraction of sp³-hybridized carbons (Fsp3) is 0.341. The first kappa shape index (κ1) is 40.5. The summed E-state index contributed by atoms with van der Waals surface area (Å²) in [6, 6.07) is 24.2. The first-order chi connectivity index (χ1) is 25.6. The first-order valence-corrected chi connectivity index (χ1v) is 18.8. The number of ketones is 1. The van der Waals surface area contributed by atoms with Gasteiger partial charge in [-0.25, -0.2) is 15.0 Å². The molecule has 5 atom stereocenters. The van der Waals surface area contributed by atoms with E-state index < -0.39 is 27.5 Å². The minimum absolute atomic E-state index is 0.0247. The lowest BCUT2D eigenvalue weighted by molar-refractivity contribution is -0.125. The van der Waals surface area contributed by atoms with E-state index in [2.05, 4.69) is 15.0 Å². The van der Waals surface area contributed by atoms with Crippen LogP contribution in [0.3, 0.4) is 0 Å². The van der Waals surface area contributed by atoms with Crippen molar-refractivity contribution < 1.29 is 23.9 Å². The number of nitrogens with zero attached hydrogens (tertiary/aromatic N) is 4. The van der Waals surface area contributed by atoms with Gasteiger partial charge in [-0.15, -0.1) is 0 Å². The van der Waals surface area contributed by atoms with Gasteiger partial charge in [0.15, 0.2) is 11.6 Å². The smallest absolute Gasteiger partial charge is 0.250 e. The van der Waals surface area contributed by atoms with Gasteiger partial charge in [-0.2, -0.15) is 0 Å². The fourth-order valence-electron chi connectivity index (χ4n) is 6.54. The van der Waals surface area contributed by atoms with Crippen LogP contribution in [-0.4, -0.2) is 38.5 Å². The molecule has 1 fully saturated rings. The lowest BCUT2D eigenvalue weighted by Crippen LogP contribution is -2.31. The van der Waals surface area contributed by atoms with Crippen molar-refractivity contribution in [2.75, 3.05) is 4.90 Å². The van der Waals surface area contributed by atoms with Crippen molar-refractivity contribution in [1.29, 1.82) is 0 Å². The van der Waals surface area contributed by atoms with Crippen LogP contribution in [0, 0.1) is 30.6 Å². The minimum atomic E-state index is -1.76. The average molecular weight is 791 g/mol. The van der Waals surface area contributed by atoms with Crippen LogP contribution in [0.2, 0.25) is 0 Å². The van der Waals surface area contributed by atoms with Gasteiger partial charge in [0.05, 0.1) is 11.6 Å². The summed E-state index contributed by atoms with van der Waals surface area (Å²) >= 11 is 17.8. The number of hydrogen-bond donors (Lipinski definition) is 1. The van der Waals surface area contributed by atoms with Crippen LogP contribution in [0.1, 0.15) is 80.1 Å². The molecular formula is C41H42Cl3N5O5. The van der Waals surface area contributed by atoms with Crippen LogP contribution in [0.15, 0.2) is 78.9 Å². The molecule has 4 aromatic rings. The molecule has 1 aliphatic heterocycles. The van der Waals surface area contributed by atoms with Gasteiger partial charge in [0.2, 0.25) is 21.5 Å². The number of anilines is 1. The van der Waals surface area contributed by atoms with Gasteiger partial charge < -0.3 is 10.5 Å². The Hall–Kier alpha value is -4.64. The summed E-state index contributed by atoms with van der Waals surface area (Å²) in [4.78, 5) is 65.7. The summed E-state index contributed by atoms with van der Waals surface area (Å²) in [6.07, 6.45) is 4.51. The average Bonchev–Trinajstić information content (AvgIpc) is 3.35. The second-order valence-electron chi connectivity index (χ2n) is 13.8. The predicted molar refractivity (Wildman–Crippen MR) is 211 cm³/mol. The number of rotatable bonds is 15. The summed E-state index contributed by atoms with van der Waals surface area (Å²) in [5.74, 6) is -1.92. The molecule has 3 aromatic carbocycles. The molecule has 0 saturated carbocycles. The summed E-state index contributed by atoms with van der Waals surface area (Å²) in [5, 5.41) is 0. The Morgan fingerprint density at radius 3 is 2.19 bits per heavy atom. The molecule has 3 amide bonds. The molecule has 282 valence electrons. The summed E-state index contributed by atoms with van der Waals surface area (Å²) in [5.41, 5.74) is 9.09. The van der Waals surface area contributed by atoms with Gasteiger partial charge in [-0.3, -0.25) is 24.1 Å². The van der Waals surface area contributed by atoms with Gasteiger partial charge in [0, 0.05) is 17.8 Å². The van der Waals surface area contributed by atoms with Gasteiger partial charge in [-0.05, 0) is 86.1 Å². The van der Waals surface area contributed by atoms with Crippen LogP contribution >= 0.6 is 34.8 Å². The van der Waals surface area contributed by atoms with Crippen LogP contribution in [0.4, 0.5) is 5.69 Å². The predicted octanol–water partition coefficient (Wildman–Crippen LogP) is 8.16. The molecule has 54 heavy (non-hydrogen) atoms. The SMILES string of the molecule is CC(=O)C(C)CC(CC(CC1C(=O)N(c2ccccc2)C(=O)C1C)c1ccc(COc2ccc(/C=C/c3nc(C)nc(C(Cl)(Cl)Cl)n3)cc2)cc1)C(N)=O. The largest absolute Gasteiger partial charge is 0.489 e. The van der Waals surface area contributed by atoms with Crippen molar-refractivity contribution in [3.8, 4) is 5.75 Å². The minimum Gasteiger partial charge on any atom is -0.489 e. The van der Waals surface area contributed by atoms with Crippen molar-refractivity contribution in [1.82, 2.24) is 15.0 Å². The zero-order valence-corrected chi connectivity index (χ0v) is 32.7. The molecule has 0 radical (unpaired) electrons. The lowest BCUT2D eigenvalue weighted by Gasteiger charge is -2.26. The van der Waals surface area contributed by atoms with Crippen LogP contribution in [-0.2, 0) is 29.6 Å². The molecule has 0 aliphatic carbocycles. The topological polar surface area (TPSA) is 145 Å². The molecular weight excluding hydrogens is 749 g/mol. The Bertz CT molecular complexity index is 2000. The standard InChI is InChI=1S/C41H42Cl3N5O5/c1-24(26(3)50)20-32(37(45)51)21-31(22-35-25(2)38(52)49(39(35)53)33-8-6-5-7-9-33)30-15-10-29(11-16-30)23-54-34-17-12-28(13-18-34)14-19-36-46-27(4)47-40(48-36)41(42,43)44/h5-19,24-25,31-32,35H,20-23H2,1-4H3,(H2,45,51)/b19-14+. The van der Waals surface area contributed by atoms with Crippen LogP contribution in [0.25, 0.3) is 12.2 Å².